The van der Waals surface area contributed by atoms with Crippen molar-refractivity contribution < 1.29 is 4.79 Å². The second-order valence-electron chi connectivity index (χ2n) is 2.64. The zero-order chi connectivity index (χ0) is 9.40. The van der Waals surface area contributed by atoms with Crippen molar-refractivity contribution in [3.63, 3.8) is 0 Å². The van der Waals surface area contributed by atoms with E-state index in [-0.39, 0.29) is 5.24 Å². The SMILES string of the molecule is CCCCSC(=O)N(CC)CC. The summed E-state index contributed by atoms with van der Waals surface area (Å²) in [5.41, 5.74) is 0. The van der Waals surface area contributed by atoms with Crippen LogP contribution in [0.2, 0.25) is 0 Å². The molecule has 72 valence electrons. The molecular weight excluding hydrogens is 170 g/mol. The molecule has 1 amide bonds. The molecule has 0 aromatic rings. The zero-order valence-corrected chi connectivity index (χ0v) is 9.12. The molecule has 0 spiro atoms. The van der Waals surface area contributed by atoms with Crippen LogP contribution in [0.15, 0.2) is 0 Å². The number of rotatable bonds is 5. The minimum Gasteiger partial charge on any atom is -0.334 e. The molecule has 0 aliphatic heterocycles. The van der Waals surface area contributed by atoms with Gasteiger partial charge in [0.05, 0.1) is 0 Å². The molecule has 0 aromatic heterocycles. The lowest BCUT2D eigenvalue weighted by atomic mass is 10.4. The number of carbonyl (C=O) groups is 1. The largest absolute Gasteiger partial charge is 0.334 e. The van der Waals surface area contributed by atoms with Gasteiger partial charge < -0.3 is 4.90 Å². The van der Waals surface area contributed by atoms with E-state index < -0.39 is 0 Å². The Kier molecular flexibility index (Phi) is 7.36. The Morgan fingerprint density at radius 1 is 1.25 bits per heavy atom. The molecule has 0 heterocycles. The van der Waals surface area contributed by atoms with Crippen molar-refractivity contribution in [2.24, 2.45) is 0 Å². The molecule has 0 rings (SSSR count). The molecule has 12 heavy (non-hydrogen) atoms. The highest BCUT2D eigenvalue weighted by molar-refractivity contribution is 8.13. The first-order valence-electron chi connectivity index (χ1n) is 4.67. The Bertz CT molecular complexity index is 124. The van der Waals surface area contributed by atoms with Crippen LogP contribution >= 0.6 is 11.8 Å². The van der Waals surface area contributed by atoms with Gasteiger partial charge in [0.15, 0.2) is 0 Å². The van der Waals surface area contributed by atoms with Crippen LogP contribution in [-0.4, -0.2) is 29.0 Å². The van der Waals surface area contributed by atoms with Crippen LogP contribution in [0.5, 0.6) is 0 Å². The van der Waals surface area contributed by atoms with E-state index in [0.29, 0.717) is 0 Å². The van der Waals surface area contributed by atoms with Crippen LogP contribution in [0.1, 0.15) is 33.6 Å². The van der Waals surface area contributed by atoms with Gasteiger partial charge >= 0.3 is 0 Å². The van der Waals surface area contributed by atoms with Crippen molar-refractivity contribution in [3.05, 3.63) is 0 Å². The fourth-order valence-electron chi connectivity index (χ4n) is 0.877. The molecule has 0 aromatic carbocycles. The molecule has 0 aliphatic rings. The highest BCUT2D eigenvalue weighted by Gasteiger charge is 2.08. The Morgan fingerprint density at radius 3 is 2.25 bits per heavy atom. The molecule has 0 bridgehead atoms. The number of nitrogens with zero attached hydrogens (tertiary/aromatic N) is 1. The van der Waals surface area contributed by atoms with Crippen LogP contribution in [0.3, 0.4) is 0 Å². The van der Waals surface area contributed by atoms with Crippen LogP contribution in [-0.2, 0) is 0 Å². The molecule has 0 fully saturated rings. The minimum absolute atomic E-state index is 0.230. The van der Waals surface area contributed by atoms with Crippen LogP contribution in [0.25, 0.3) is 0 Å². The van der Waals surface area contributed by atoms with Gasteiger partial charge in [0, 0.05) is 18.8 Å². The first kappa shape index (κ1) is 11.8. The summed E-state index contributed by atoms with van der Waals surface area (Å²) < 4.78 is 0. The molecule has 0 N–H and O–H groups in total. The number of hydrogen-bond acceptors (Lipinski definition) is 2. The van der Waals surface area contributed by atoms with Gasteiger partial charge in [-0.15, -0.1) is 0 Å². The van der Waals surface area contributed by atoms with Crippen molar-refractivity contribution in [3.8, 4) is 0 Å². The van der Waals surface area contributed by atoms with E-state index in [9.17, 15) is 4.79 Å². The van der Waals surface area contributed by atoms with Crippen LogP contribution < -0.4 is 0 Å². The Hall–Kier alpha value is -0.180. The first-order chi connectivity index (χ1) is 5.76. The van der Waals surface area contributed by atoms with E-state index in [1.807, 2.05) is 18.7 Å². The highest BCUT2D eigenvalue weighted by Crippen LogP contribution is 2.10. The number of thioether (sulfide) groups is 1. The van der Waals surface area contributed by atoms with E-state index in [1.54, 1.807) is 0 Å². The van der Waals surface area contributed by atoms with E-state index in [2.05, 4.69) is 6.92 Å². The fraction of sp³-hybridized carbons (Fsp3) is 0.889. The standard InChI is InChI=1S/C9H19NOS/c1-4-7-8-12-9(11)10(5-2)6-3/h4-8H2,1-3H3. The maximum atomic E-state index is 11.4. The Morgan fingerprint density at radius 2 is 1.83 bits per heavy atom. The van der Waals surface area contributed by atoms with Crippen molar-refractivity contribution in [1.29, 1.82) is 0 Å². The number of unbranched alkanes of at least 4 members (excludes halogenated alkanes) is 1. The Labute approximate surface area is 79.7 Å². The summed E-state index contributed by atoms with van der Waals surface area (Å²) in [6.45, 7) is 7.83. The summed E-state index contributed by atoms with van der Waals surface area (Å²) in [5.74, 6) is 0.964. The van der Waals surface area contributed by atoms with Gasteiger partial charge in [0.2, 0.25) is 0 Å². The molecule has 0 aliphatic carbocycles. The average Bonchev–Trinajstić information content (AvgIpc) is 2.07. The van der Waals surface area contributed by atoms with Crippen LogP contribution in [0.4, 0.5) is 4.79 Å². The van der Waals surface area contributed by atoms with Gasteiger partial charge in [-0.25, -0.2) is 0 Å². The summed E-state index contributed by atoms with van der Waals surface area (Å²) in [5, 5.41) is 0.230. The summed E-state index contributed by atoms with van der Waals surface area (Å²) in [6.07, 6.45) is 2.30. The quantitative estimate of drug-likeness (QED) is 0.620. The maximum Gasteiger partial charge on any atom is 0.281 e. The second kappa shape index (κ2) is 7.47. The van der Waals surface area contributed by atoms with Crippen molar-refractivity contribution in [2.75, 3.05) is 18.8 Å². The molecular formula is C9H19NOS. The third-order valence-electron chi connectivity index (χ3n) is 1.75. The topological polar surface area (TPSA) is 20.3 Å². The molecule has 0 unspecified atom stereocenters. The predicted octanol–water partition coefficient (Wildman–Crippen LogP) is 2.98. The number of hydrogen-bond donors (Lipinski definition) is 0. The van der Waals surface area contributed by atoms with Crippen molar-refractivity contribution in [1.82, 2.24) is 4.90 Å². The summed E-state index contributed by atoms with van der Waals surface area (Å²) in [6, 6.07) is 0. The molecule has 3 heteroatoms. The average molecular weight is 189 g/mol. The van der Waals surface area contributed by atoms with Gasteiger partial charge in [0.25, 0.3) is 5.24 Å². The molecule has 0 saturated carbocycles. The van der Waals surface area contributed by atoms with Crippen LogP contribution in [0, 0.1) is 0 Å². The molecule has 0 atom stereocenters. The minimum atomic E-state index is 0.230. The summed E-state index contributed by atoms with van der Waals surface area (Å²) >= 11 is 1.45. The monoisotopic (exact) mass is 189 g/mol. The predicted molar refractivity (Wildman–Crippen MR) is 55.7 cm³/mol. The zero-order valence-electron chi connectivity index (χ0n) is 8.30. The smallest absolute Gasteiger partial charge is 0.281 e. The lowest BCUT2D eigenvalue weighted by Crippen LogP contribution is -2.26. The van der Waals surface area contributed by atoms with Gasteiger partial charge in [-0.1, -0.05) is 25.1 Å². The van der Waals surface area contributed by atoms with Gasteiger partial charge in [-0.2, -0.15) is 0 Å². The number of amides is 1. The Balaban J connectivity index is 3.54. The summed E-state index contributed by atoms with van der Waals surface area (Å²) in [7, 11) is 0. The maximum absolute atomic E-state index is 11.4. The normalized spacial score (nSPS) is 9.92. The van der Waals surface area contributed by atoms with Gasteiger partial charge in [-0.05, 0) is 20.3 Å². The van der Waals surface area contributed by atoms with E-state index in [1.165, 1.54) is 18.2 Å². The van der Waals surface area contributed by atoms with E-state index in [0.717, 1.165) is 25.3 Å². The lowest BCUT2D eigenvalue weighted by Gasteiger charge is -2.17. The molecule has 2 nitrogen and oxygen atoms in total. The lowest BCUT2D eigenvalue weighted by molar-refractivity contribution is 0.228. The molecule has 0 saturated heterocycles. The third kappa shape index (κ3) is 4.65. The van der Waals surface area contributed by atoms with Crippen molar-refractivity contribution in [2.45, 2.75) is 33.6 Å². The van der Waals surface area contributed by atoms with Gasteiger partial charge in [0.1, 0.15) is 0 Å². The highest BCUT2D eigenvalue weighted by atomic mass is 32.2. The van der Waals surface area contributed by atoms with E-state index in [4.69, 9.17) is 0 Å². The van der Waals surface area contributed by atoms with Crippen molar-refractivity contribution >= 4 is 17.0 Å². The van der Waals surface area contributed by atoms with Gasteiger partial charge in [-0.3, -0.25) is 4.79 Å². The fourth-order valence-corrected chi connectivity index (χ4v) is 1.93. The molecule has 0 radical (unpaired) electrons. The summed E-state index contributed by atoms with van der Waals surface area (Å²) in [4.78, 5) is 13.2. The third-order valence-corrected chi connectivity index (χ3v) is 2.74. The van der Waals surface area contributed by atoms with E-state index >= 15 is 0 Å². The number of carbonyl (C=O) groups excluding carboxylic acids is 1. The first-order valence-corrected chi connectivity index (χ1v) is 5.66. The second-order valence-corrected chi connectivity index (χ2v) is 3.69.